The largest absolute Gasteiger partial charge is 0.479 e. The lowest BCUT2D eigenvalue weighted by Gasteiger charge is -2.05. The third-order valence-corrected chi connectivity index (χ3v) is 1.74. The standard InChI is InChI=1S/C8H8ClN3O3/c9-5-1-2-6(12(13)14)7(3-5)15-4-8(10)11/h1-3H,4H2,(H3,10,11). The second-order valence-electron chi connectivity index (χ2n) is 2.68. The Kier molecular flexibility index (Phi) is 3.46. The Hall–Kier alpha value is -1.82. The van der Waals surface area contributed by atoms with Gasteiger partial charge in [-0.15, -0.1) is 0 Å². The van der Waals surface area contributed by atoms with Crippen molar-refractivity contribution in [2.24, 2.45) is 5.73 Å². The molecule has 0 amide bonds. The van der Waals surface area contributed by atoms with Crippen LogP contribution in [0, 0.1) is 15.5 Å². The monoisotopic (exact) mass is 229 g/mol. The van der Waals surface area contributed by atoms with Crippen molar-refractivity contribution < 1.29 is 9.66 Å². The van der Waals surface area contributed by atoms with Gasteiger partial charge in [0.2, 0.25) is 0 Å². The molecule has 1 aromatic rings. The molecule has 1 aromatic carbocycles. The lowest BCUT2D eigenvalue weighted by Crippen LogP contribution is -2.19. The van der Waals surface area contributed by atoms with Crippen LogP contribution in [0.1, 0.15) is 0 Å². The van der Waals surface area contributed by atoms with Crippen LogP contribution in [-0.2, 0) is 0 Å². The Morgan fingerprint density at radius 2 is 2.33 bits per heavy atom. The normalized spacial score (nSPS) is 9.67. The van der Waals surface area contributed by atoms with Crippen molar-refractivity contribution in [1.82, 2.24) is 0 Å². The second kappa shape index (κ2) is 4.61. The first kappa shape index (κ1) is 11.3. The summed E-state index contributed by atoms with van der Waals surface area (Å²) in [5.74, 6) is -0.216. The molecule has 0 aliphatic heterocycles. The maximum absolute atomic E-state index is 10.6. The van der Waals surface area contributed by atoms with Gasteiger partial charge >= 0.3 is 5.69 Å². The zero-order chi connectivity index (χ0) is 11.4. The minimum Gasteiger partial charge on any atom is -0.479 e. The number of nitrogens with one attached hydrogen (secondary N) is 1. The van der Waals surface area contributed by atoms with E-state index in [1.807, 2.05) is 0 Å². The summed E-state index contributed by atoms with van der Waals surface area (Å²) in [5.41, 5.74) is 4.85. The maximum Gasteiger partial charge on any atom is 0.311 e. The minimum absolute atomic E-state index is 0.00250. The fourth-order valence-corrected chi connectivity index (χ4v) is 1.07. The third-order valence-electron chi connectivity index (χ3n) is 1.50. The molecule has 0 saturated carbocycles. The van der Waals surface area contributed by atoms with Gasteiger partial charge < -0.3 is 10.5 Å². The molecule has 7 heteroatoms. The molecular formula is C8H8ClN3O3. The van der Waals surface area contributed by atoms with E-state index in [2.05, 4.69) is 0 Å². The number of halogens is 1. The van der Waals surface area contributed by atoms with Gasteiger partial charge in [-0.25, -0.2) is 0 Å². The number of nitro benzene ring substituents is 1. The number of amidine groups is 1. The first-order valence-corrected chi connectivity index (χ1v) is 4.28. The summed E-state index contributed by atoms with van der Waals surface area (Å²) in [7, 11) is 0. The Morgan fingerprint density at radius 1 is 1.67 bits per heavy atom. The lowest BCUT2D eigenvalue weighted by atomic mass is 10.3. The van der Waals surface area contributed by atoms with Crippen LogP contribution in [0.25, 0.3) is 0 Å². The van der Waals surface area contributed by atoms with E-state index in [0.29, 0.717) is 5.02 Å². The molecule has 0 aliphatic rings. The van der Waals surface area contributed by atoms with Crippen molar-refractivity contribution in [3.05, 3.63) is 33.3 Å². The Labute approximate surface area is 90.3 Å². The topological polar surface area (TPSA) is 102 Å². The molecule has 0 unspecified atom stereocenters. The molecule has 0 aromatic heterocycles. The van der Waals surface area contributed by atoms with Gasteiger partial charge in [-0.05, 0) is 6.07 Å². The molecule has 0 fully saturated rings. The van der Waals surface area contributed by atoms with Crippen LogP contribution >= 0.6 is 11.6 Å². The van der Waals surface area contributed by atoms with Crippen LogP contribution in [0.3, 0.4) is 0 Å². The van der Waals surface area contributed by atoms with E-state index >= 15 is 0 Å². The molecule has 80 valence electrons. The van der Waals surface area contributed by atoms with E-state index in [0.717, 1.165) is 0 Å². The number of nitrogens with two attached hydrogens (primary N) is 1. The van der Waals surface area contributed by atoms with Gasteiger partial charge in [-0.2, -0.15) is 0 Å². The quantitative estimate of drug-likeness (QED) is 0.354. The van der Waals surface area contributed by atoms with Crippen LogP contribution in [0.2, 0.25) is 5.02 Å². The van der Waals surface area contributed by atoms with Crippen molar-refractivity contribution in [2.45, 2.75) is 0 Å². The lowest BCUT2D eigenvalue weighted by molar-refractivity contribution is -0.385. The predicted octanol–water partition coefficient (Wildman–Crippen LogP) is 1.56. The van der Waals surface area contributed by atoms with Gasteiger partial charge in [0, 0.05) is 17.2 Å². The Balaban J connectivity index is 2.96. The molecule has 1 rings (SSSR count). The third kappa shape index (κ3) is 3.10. The summed E-state index contributed by atoms with van der Waals surface area (Å²) in [4.78, 5) is 9.98. The number of ether oxygens (including phenoxy) is 1. The number of hydrogen-bond acceptors (Lipinski definition) is 4. The van der Waals surface area contributed by atoms with Gasteiger partial charge in [-0.3, -0.25) is 15.5 Å². The average molecular weight is 230 g/mol. The second-order valence-corrected chi connectivity index (χ2v) is 3.12. The molecule has 0 heterocycles. The fraction of sp³-hybridized carbons (Fsp3) is 0.125. The summed E-state index contributed by atoms with van der Waals surface area (Å²) in [6.07, 6.45) is 0. The highest BCUT2D eigenvalue weighted by Gasteiger charge is 2.15. The number of hydrogen-bond donors (Lipinski definition) is 2. The molecule has 0 radical (unpaired) electrons. The SMILES string of the molecule is N=C(N)COc1cc(Cl)ccc1[N+](=O)[O-]. The van der Waals surface area contributed by atoms with Crippen LogP contribution < -0.4 is 10.5 Å². The van der Waals surface area contributed by atoms with E-state index in [1.54, 1.807) is 0 Å². The van der Waals surface area contributed by atoms with Crippen LogP contribution in [-0.4, -0.2) is 17.4 Å². The average Bonchev–Trinajstić information content (AvgIpc) is 2.14. The van der Waals surface area contributed by atoms with Crippen molar-refractivity contribution >= 4 is 23.1 Å². The van der Waals surface area contributed by atoms with Crippen LogP contribution in [0.5, 0.6) is 5.75 Å². The number of benzene rings is 1. The Bertz CT molecular complexity index is 408. The molecule has 3 N–H and O–H groups in total. The van der Waals surface area contributed by atoms with Gasteiger partial charge in [0.15, 0.2) is 5.75 Å². The van der Waals surface area contributed by atoms with E-state index < -0.39 is 4.92 Å². The molecule has 15 heavy (non-hydrogen) atoms. The van der Waals surface area contributed by atoms with Crippen molar-refractivity contribution in [2.75, 3.05) is 6.61 Å². The van der Waals surface area contributed by atoms with Crippen molar-refractivity contribution in [3.8, 4) is 5.75 Å². The van der Waals surface area contributed by atoms with Gasteiger partial charge in [0.05, 0.1) is 4.92 Å². The first-order valence-electron chi connectivity index (χ1n) is 3.90. The zero-order valence-electron chi connectivity index (χ0n) is 7.57. The fourth-order valence-electron chi connectivity index (χ4n) is 0.910. The minimum atomic E-state index is -0.591. The zero-order valence-corrected chi connectivity index (χ0v) is 8.32. The summed E-state index contributed by atoms with van der Waals surface area (Å²) in [5, 5.41) is 17.8. The first-order chi connectivity index (χ1) is 7.00. The summed E-state index contributed by atoms with van der Waals surface area (Å²) in [6.45, 7) is -0.207. The van der Waals surface area contributed by atoms with E-state index in [-0.39, 0.29) is 23.9 Å². The predicted molar refractivity (Wildman–Crippen MR) is 55.5 cm³/mol. The van der Waals surface area contributed by atoms with Gasteiger partial charge in [0.25, 0.3) is 0 Å². The van der Waals surface area contributed by atoms with Gasteiger partial charge in [0.1, 0.15) is 12.4 Å². The van der Waals surface area contributed by atoms with E-state index in [4.69, 9.17) is 27.5 Å². The molecule has 0 aliphatic carbocycles. The van der Waals surface area contributed by atoms with E-state index in [9.17, 15) is 10.1 Å². The highest BCUT2D eigenvalue weighted by atomic mass is 35.5. The van der Waals surface area contributed by atoms with Crippen LogP contribution in [0.4, 0.5) is 5.69 Å². The van der Waals surface area contributed by atoms with Gasteiger partial charge in [-0.1, -0.05) is 11.6 Å². The highest BCUT2D eigenvalue weighted by Crippen LogP contribution is 2.29. The molecule has 0 atom stereocenters. The maximum atomic E-state index is 10.6. The number of nitrogens with zero attached hydrogens (tertiary/aromatic N) is 1. The number of rotatable bonds is 4. The number of nitro groups is 1. The molecule has 0 saturated heterocycles. The van der Waals surface area contributed by atoms with Crippen molar-refractivity contribution in [3.63, 3.8) is 0 Å². The molecule has 0 bridgehead atoms. The summed E-state index contributed by atoms with van der Waals surface area (Å²) < 4.78 is 4.97. The molecule has 6 nitrogen and oxygen atoms in total. The van der Waals surface area contributed by atoms with Crippen molar-refractivity contribution in [1.29, 1.82) is 5.41 Å². The summed E-state index contributed by atoms with van der Waals surface area (Å²) >= 11 is 5.65. The van der Waals surface area contributed by atoms with Crippen LogP contribution in [0.15, 0.2) is 18.2 Å². The summed E-state index contributed by atoms with van der Waals surface area (Å²) in [6, 6.07) is 3.93. The smallest absolute Gasteiger partial charge is 0.311 e. The highest BCUT2D eigenvalue weighted by molar-refractivity contribution is 6.30. The Morgan fingerprint density at radius 3 is 2.87 bits per heavy atom. The van der Waals surface area contributed by atoms with E-state index in [1.165, 1.54) is 18.2 Å². The molecule has 0 spiro atoms. The molecular weight excluding hydrogens is 222 g/mol.